The number of rotatable bonds is 5. The molecule has 1 aromatic rings. The van der Waals surface area contributed by atoms with Crippen LogP contribution < -0.4 is 4.74 Å². The molecular weight excluding hydrogens is 190 g/mol. The quantitative estimate of drug-likeness (QED) is 0.800. The Kier molecular flexibility index (Phi) is 4.65. The Morgan fingerprint density at radius 2 is 2.20 bits per heavy atom. The minimum atomic E-state index is -0.294. The summed E-state index contributed by atoms with van der Waals surface area (Å²) in [6.45, 7) is 2.50. The molecule has 0 radical (unpaired) electrons. The van der Waals surface area contributed by atoms with Crippen LogP contribution in [0, 0.1) is 11.3 Å². The first-order valence-electron chi connectivity index (χ1n) is 5.05. The van der Waals surface area contributed by atoms with E-state index in [1.165, 1.54) is 0 Å². The van der Waals surface area contributed by atoms with Crippen LogP contribution in [0.5, 0.6) is 5.75 Å². The molecule has 0 saturated heterocycles. The second-order valence-electron chi connectivity index (χ2n) is 3.16. The van der Waals surface area contributed by atoms with Gasteiger partial charge in [0.05, 0.1) is 18.6 Å². The van der Waals surface area contributed by atoms with Crippen LogP contribution in [0.3, 0.4) is 0 Å². The van der Waals surface area contributed by atoms with Gasteiger partial charge in [-0.1, -0.05) is 18.2 Å². The lowest BCUT2D eigenvalue weighted by Gasteiger charge is -2.13. The summed E-state index contributed by atoms with van der Waals surface area (Å²) in [7, 11) is 0. The summed E-state index contributed by atoms with van der Waals surface area (Å²) in [6, 6.07) is 9.65. The third-order valence-electron chi connectivity index (χ3n) is 2.17. The van der Waals surface area contributed by atoms with Crippen molar-refractivity contribution in [1.29, 1.82) is 5.26 Å². The van der Waals surface area contributed by atoms with E-state index in [1.54, 1.807) is 0 Å². The van der Waals surface area contributed by atoms with Crippen molar-refractivity contribution in [2.75, 3.05) is 13.2 Å². The average molecular weight is 205 g/mol. The van der Waals surface area contributed by atoms with Gasteiger partial charge in [-0.05, 0) is 19.4 Å². The Balaban J connectivity index is 2.95. The van der Waals surface area contributed by atoms with Gasteiger partial charge in [-0.2, -0.15) is 5.26 Å². The lowest BCUT2D eigenvalue weighted by atomic mass is 9.97. The number of hydrogen-bond acceptors (Lipinski definition) is 3. The van der Waals surface area contributed by atoms with Gasteiger partial charge in [-0.25, -0.2) is 0 Å². The van der Waals surface area contributed by atoms with E-state index < -0.39 is 0 Å². The van der Waals surface area contributed by atoms with Crippen LogP contribution in [-0.2, 0) is 0 Å². The molecule has 0 fully saturated rings. The maximum absolute atomic E-state index is 8.99. The smallest absolute Gasteiger partial charge is 0.123 e. The Hall–Kier alpha value is -1.53. The first kappa shape index (κ1) is 11.5. The molecule has 0 aromatic heterocycles. The predicted octanol–water partition coefficient (Wildman–Crippen LogP) is 2.07. The van der Waals surface area contributed by atoms with Crippen molar-refractivity contribution < 1.29 is 9.84 Å². The number of para-hydroxylation sites is 1. The zero-order valence-corrected chi connectivity index (χ0v) is 8.81. The summed E-state index contributed by atoms with van der Waals surface area (Å²) in [4.78, 5) is 0. The van der Waals surface area contributed by atoms with E-state index in [0.29, 0.717) is 13.0 Å². The van der Waals surface area contributed by atoms with Crippen LogP contribution in [0.4, 0.5) is 0 Å². The standard InChI is InChI=1S/C12H15NO2/c1-2-15-12-6-4-3-5-11(12)10(9-13)7-8-14/h3-6,10,14H,2,7-8H2,1H3. The highest BCUT2D eigenvalue weighted by atomic mass is 16.5. The molecular formula is C12H15NO2. The highest BCUT2D eigenvalue weighted by Gasteiger charge is 2.14. The molecule has 0 spiro atoms. The molecule has 1 atom stereocenters. The summed E-state index contributed by atoms with van der Waals surface area (Å²) in [6.07, 6.45) is 0.445. The minimum Gasteiger partial charge on any atom is -0.494 e. The third kappa shape index (κ3) is 2.97. The van der Waals surface area contributed by atoms with Crippen LogP contribution in [0.1, 0.15) is 24.8 Å². The third-order valence-corrected chi connectivity index (χ3v) is 2.17. The van der Waals surface area contributed by atoms with Crippen molar-refractivity contribution in [3.05, 3.63) is 29.8 Å². The average Bonchev–Trinajstić information content (AvgIpc) is 2.27. The van der Waals surface area contributed by atoms with Gasteiger partial charge in [0, 0.05) is 12.2 Å². The fourth-order valence-corrected chi connectivity index (χ4v) is 1.47. The molecule has 0 heterocycles. The van der Waals surface area contributed by atoms with Gasteiger partial charge >= 0.3 is 0 Å². The van der Waals surface area contributed by atoms with Crippen molar-refractivity contribution in [3.63, 3.8) is 0 Å². The molecule has 1 rings (SSSR count). The molecule has 1 unspecified atom stereocenters. The second-order valence-corrected chi connectivity index (χ2v) is 3.16. The number of nitrogens with zero attached hydrogens (tertiary/aromatic N) is 1. The summed E-state index contributed by atoms with van der Waals surface area (Å²) in [5.41, 5.74) is 0.857. The normalized spacial score (nSPS) is 11.8. The zero-order valence-electron chi connectivity index (χ0n) is 8.81. The molecule has 0 amide bonds. The fourth-order valence-electron chi connectivity index (χ4n) is 1.47. The Bertz CT molecular complexity index is 344. The molecule has 0 bridgehead atoms. The van der Waals surface area contributed by atoms with Gasteiger partial charge in [0.15, 0.2) is 0 Å². The number of hydrogen-bond donors (Lipinski definition) is 1. The number of aliphatic hydroxyl groups excluding tert-OH is 1. The van der Waals surface area contributed by atoms with Crippen molar-refractivity contribution in [2.24, 2.45) is 0 Å². The second kappa shape index (κ2) is 6.05. The summed E-state index contributed by atoms with van der Waals surface area (Å²) >= 11 is 0. The molecule has 0 aliphatic carbocycles. The molecule has 0 aliphatic heterocycles. The fraction of sp³-hybridized carbons (Fsp3) is 0.417. The maximum atomic E-state index is 8.99. The topological polar surface area (TPSA) is 53.2 Å². The minimum absolute atomic E-state index is 0.0126. The molecule has 15 heavy (non-hydrogen) atoms. The van der Waals surface area contributed by atoms with Crippen LogP contribution >= 0.6 is 0 Å². The first-order chi connectivity index (χ1) is 7.33. The molecule has 0 aliphatic rings. The zero-order chi connectivity index (χ0) is 11.1. The van der Waals surface area contributed by atoms with Gasteiger partial charge in [-0.3, -0.25) is 0 Å². The number of nitriles is 1. The summed E-state index contributed by atoms with van der Waals surface area (Å²) in [5.74, 6) is 0.442. The molecule has 3 heteroatoms. The molecule has 0 saturated carbocycles. The number of aliphatic hydroxyl groups is 1. The molecule has 1 aromatic carbocycles. The lowest BCUT2D eigenvalue weighted by Crippen LogP contribution is -2.03. The number of ether oxygens (including phenoxy) is 1. The van der Waals surface area contributed by atoms with Crippen LogP contribution in [0.15, 0.2) is 24.3 Å². The van der Waals surface area contributed by atoms with Gasteiger partial charge in [0.1, 0.15) is 5.75 Å². The largest absolute Gasteiger partial charge is 0.494 e. The van der Waals surface area contributed by atoms with Crippen molar-refractivity contribution in [3.8, 4) is 11.8 Å². The summed E-state index contributed by atoms with van der Waals surface area (Å²) < 4.78 is 5.43. The Morgan fingerprint density at radius 1 is 1.47 bits per heavy atom. The first-order valence-corrected chi connectivity index (χ1v) is 5.05. The maximum Gasteiger partial charge on any atom is 0.123 e. The van der Waals surface area contributed by atoms with Crippen molar-refractivity contribution in [2.45, 2.75) is 19.3 Å². The molecule has 80 valence electrons. The van der Waals surface area contributed by atoms with E-state index in [4.69, 9.17) is 15.1 Å². The Labute approximate surface area is 89.9 Å². The molecule has 3 nitrogen and oxygen atoms in total. The van der Waals surface area contributed by atoms with E-state index in [0.717, 1.165) is 11.3 Å². The van der Waals surface area contributed by atoms with Crippen LogP contribution in [-0.4, -0.2) is 18.3 Å². The molecule has 1 N–H and O–H groups in total. The highest BCUT2D eigenvalue weighted by molar-refractivity contribution is 5.39. The van der Waals surface area contributed by atoms with E-state index >= 15 is 0 Å². The predicted molar refractivity (Wildman–Crippen MR) is 57.7 cm³/mol. The van der Waals surface area contributed by atoms with Crippen molar-refractivity contribution >= 4 is 0 Å². The van der Waals surface area contributed by atoms with E-state index in [-0.39, 0.29) is 12.5 Å². The van der Waals surface area contributed by atoms with Gasteiger partial charge in [-0.15, -0.1) is 0 Å². The van der Waals surface area contributed by atoms with E-state index in [2.05, 4.69) is 6.07 Å². The van der Waals surface area contributed by atoms with Crippen LogP contribution in [0.25, 0.3) is 0 Å². The van der Waals surface area contributed by atoms with Crippen molar-refractivity contribution in [1.82, 2.24) is 0 Å². The monoisotopic (exact) mass is 205 g/mol. The van der Waals surface area contributed by atoms with Gasteiger partial charge in [0.25, 0.3) is 0 Å². The SMILES string of the molecule is CCOc1ccccc1C(C#N)CCO. The summed E-state index contributed by atoms with van der Waals surface area (Å²) in [5, 5.41) is 17.8. The highest BCUT2D eigenvalue weighted by Crippen LogP contribution is 2.28. The van der Waals surface area contributed by atoms with Crippen LogP contribution in [0.2, 0.25) is 0 Å². The van der Waals surface area contributed by atoms with Gasteiger partial charge < -0.3 is 9.84 Å². The van der Waals surface area contributed by atoms with Gasteiger partial charge in [0.2, 0.25) is 0 Å². The Morgan fingerprint density at radius 3 is 2.80 bits per heavy atom. The number of benzene rings is 1. The van der Waals surface area contributed by atoms with E-state index in [1.807, 2.05) is 31.2 Å². The lowest BCUT2D eigenvalue weighted by molar-refractivity contribution is 0.281. The van der Waals surface area contributed by atoms with E-state index in [9.17, 15) is 0 Å².